The molecule has 0 spiro atoms. The van der Waals surface area contributed by atoms with E-state index in [4.69, 9.17) is 5.26 Å². The molecule has 26 heavy (non-hydrogen) atoms. The maximum Gasteiger partial charge on any atom is 0.292 e. The molecule has 0 fully saturated rings. The molecule has 7 nitrogen and oxygen atoms in total. The van der Waals surface area contributed by atoms with Crippen molar-refractivity contribution in [3.8, 4) is 6.07 Å². The van der Waals surface area contributed by atoms with Crippen LogP contribution in [0.1, 0.15) is 12.5 Å². The van der Waals surface area contributed by atoms with Gasteiger partial charge in [0.1, 0.15) is 6.04 Å². The number of amidine groups is 1. The van der Waals surface area contributed by atoms with Crippen LogP contribution in [0, 0.1) is 11.3 Å². The number of hydrogen-bond acceptors (Lipinski definition) is 5. The van der Waals surface area contributed by atoms with E-state index < -0.39 is 11.9 Å². The molecule has 2 aromatic carbocycles. The van der Waals surface area contributed by atoms with Gasteiger partial charge in [0.05, 0.1) is 18.2 Å². The molecule has 1 atom stereocenters. The number of hydrazine groups is 1. The molecule has 0 aliphatic carbocycles. The molecule has 2 N–H and O–H groups in total. The summed E-state index contributed by atoms with van der Waals surface area (Å²) in [6, 6.07) is 17.4. The highest BCUT2D eigenvalue weighted by Gasteiger charge is 2.30. The molecule has 1 aliphatic heterocycles. The van der Waals surface area contributed by atoms with Gasteiger partial charge in [0, 0.05) is 5.69 Å². The van der Waals surface area contributed by atoms with E-state index in [9.17, 15) is 9.59 Å². The van der Waals surface area contributed by atoms with Crippen LogP contribution in [-0.4, -0.2) is 23.7 Å². The molecule has 7 heteroatoms. The highest BCUT2D eigenvalue weighted by atomic mass is 16.2. The Kier molecular flexibility index (Phi) is 4.94. The summed E-state index contributed by atoms with van der Waals surface area (Å²) in [5.74, 6) is -0.631. The summed E-state index contributed by atoms with van der Waals surface area (Å²) in [7, 11) is 0. The van der Waals surface area contributed by atoms with Crippen molar-refractivity contribution >= 4 is 29.0 Å². The summed E-state index contributed by atoms with van der Waals surface area (Å²) in [6.45, 7) is 1.64. The number of aliphatic imine (C=N–C) groups is 1. The Morgan fingerprint density at radius 1 is 1.23 bits per heavy atom. The Morgan fingerprint density at radius 3 is 2.58 bits per heavy atom. The molecule has 0 unspecified atom stereocenters. The van der Waals surface area contributed by atoms with E-state index in [-0.39, 0.29) is 11.7 Å². The zero-order chi connectivity index (χ0) is 18.5. The van der Waals surface area contributed by atoms with Crippen molar-refractivity contribution in [2.45, 2.75) is 19.4 Å². The first kappa shape index (κ1) is 17.2. The van der Waals surface area contributed by atoms with Gasteiger partial charge in [0.2, 0.25) is 5.84 Å². The normalized spacial score (nSPS) is 16.3. The Hall–Kier alpha value is -3.66. The number of nitrogens with one attached hydrogen (secondary N) is 2. The zero-order valence-electron chi connectivity index (χ0n) is 14.1. The average Bonchev–Trinajstić information content (AvgIpc) is 2.66. The van der Waals surface area contributed by atoms with Gasteiger partial charge in [0.15, 0.2) is 0 Å². The first-order valence-electron chi connectivity index (χ1n) is 8.09. The molecule has 130 valence electrons. The highest BCUT2D eigenvalue weighted by Crippen LogP contribution is 2.16. The maximum absolute atomic E-state index is 12.5. The molecule has 0 radical (unpaired) electrons. The van der Waals surface area contributed by atoms with Crippen LogP contribution in [-0.2, 0) is 16.0 Å². The molecule has 0 saturated carbocycles. The molecular weight excluding hydrogens is 330 g/mol. The molecule has 3 rings (SSSR count). The SMILES string of the molecule is C[C@@H]1N=C(C(=O)Nc2ccc(CC#N)cc2)NN(c2ccccc2)C1=O. The third-order valence-corrected chi connectivity index (χ3v) is 3.84. The minimum Gasteiger partial charge on any atom is -0.319 e. The third kappa shape index (κ3) is 3.70. The third-order valence-electron chi connectivity index (χ3n) is 3.84. The van der Waals surface area contributed by atoms with E-state index >= 15 is 0 Å². The van der Waals surface area contributed by atoms with Gasteiger partial charge in [-0.15, -0.1) is 0 Å². The lowest BCUT2D eigenvalue weighted by molar-refractivity contribution is -0.120. The Morgan fingerprint density at radius 2 is 1.92 bits per heavy atom. The van der Waals surface area contributed by atoms with Crippen LogP contribution in [0.25, 0.3) is 0 Å². The lowest BCUT2D eigenvalue weighted by Gasteiger charge is -2.30. The molecule has 1 heterocycles. The zero-order valence-corrected chi connectivity index (χ0v) is 14.1. The van der Waals surface area contributed by atoms with E-state index in [0.29, 0.717) is 17.8 Å². The minimum absolute atomic E-state index is 0.0575. The number of nitrogens with zero attached hydrogens (tertiary/aromatic N) is 3. The molecule has 1 aliphatic rings. The number of carbonyl (C=O) groups is 2. The molecule has 0 saturated heterocycles. The Bertz CT molecular complexity index is 884. The first-order chi connectivity index (χ1) is 12.6. The van der Waals surface area contributed by atoms with Crippen LogP contribution in [0.3, 0.4) is 0 Å². The molecule has 0 aromatic heterocycles. The second kappa shape index (κ2) is 7.49. The van der Waals surface area contributed by atoms with Crippen LogP contribution in [0.2, 0.25) is 0 Å². The number of nitriles is 1. The Labute approximate surface area is 150 Å². The van der Waals surface area contributed by atoms with Crippen molar-refractivity contribution in [1.82, 2.24) is 5.43 Å². The predicted octanol–water partition coefficient (Wildman–Crippen LogP) is 2.03. The van der Waals surface area contributed by atoms with Crippen molar-refractivity contribution < 1.29 is 9.59 Å². The number of para-hydroxylation sites is 1. The summed E-state index contributed by atoms with van der Waals surface area (Å²) >= 11 is 0. The van der Waals surface area contributed by atoms with Crippen molar-refractivity contribution in [3.05, 3.63) is 60.2 Å². The molecular formula is C19H17N5O2. The van der Waals surface area contributed by atoms with Crippen molar-refractivity contribution in [2.24, 2.45) is 4.99 Å². The summed E-state index contributed by atoms with van der Waals surface area (Å²) in [4.78, 5) is 29.0. The van der Waals surface area contributed by atoms with Crippen molar-refractivity contribution in [1.29, 1.82) is 5.26 Å². The van der Waals surface area contributed by atoms with Gasteiger partial charge in [-0.3, -0.25) is 15.0 Å². The van der Waals surface area contributed by atoms with Gasteiger partial charge in [0.25, 0.3) is 11.8 Å². The van der Waals surface area contributed by atoms with Crippen LogP contribution in [0.15, 0.2) is 59.6 Å². The molecule has 2 aromatic rings. The standard InChI is InChI=1S/C19H17N5O2/c1-13-19(26)24(16-5-3-2-4-6-16)23-17(21-13)18(25)22-15-9-7-14(8-10-15)11-12-20/h2-10,13H,11H2,1H3,(H,21,23)(H,22,25)/t13-/m0/s1. The average molecular weight is 347 g/mol. The second-order valence-electron chi connectivity index (χ2n) is 5.76. The summed E-state index contributed by atoms with van der Waals surface area (Å²) < 4.78 is 0. The summed E-state index contributed by atoms with van der Waals surface area (Å²) in [5.41, 5.74) is 4.86. The van der Waals surface area contributed by atoms with E-state index in [1.165, 1.54) is 5.01 Å². The summed E-state index contributed by atoms with van der Waals surface area (Å²) in [5, 5.41) is 12.8. The van der Waals surface area contributed by atoms with Crippen LogP contribution in [0.4, 0.5) is 11.4 Å². The van der Waals surface area contributed by atoms with Gasteiger partial charge in [-0.05, 0) is 36.8 Å². The van der Waals surface area contributed by atoms with E-state index in [2.05, 4.69) is 21.8 Å². The quantitative estimate of drug-likeness (QED) is 0.884. The predicted molar refractivity (Wildman–Crippen MR) is 98.3 cm³/mol. The fourth-order valence-corrected chi connectivity index (χ4v) is 2.49. The topological polar surface area (TPSA) is 97.6 Å². The highest BCUT2D eigenvalue weighted by molar-refractivity contribution is 6.43. The number of carbonyl (C=O) groups excluding carboxylic acids is 2. The molecule has 2 amide bonds. The second-order valence-corrected chi connectivity index (χ2v) is 5.76. The van der Waals surface area contributed by atoms with E-state index in [1.807, 2.05) is 18.2 Å². The lowest BCUT2D eigenvalue weighted by Crippen LogP contribution is -2.57. The number of rotatable bonds is 4. The molecule has 0 bridgehead atoms. The van der Waals surface area contributed by atoms with Gasteiger partial charge in [-0.25, -0.2) is 10.0 Å². The Balaban J connectivity index is 1.75. The van der Waals surface area contributed by atoms with Crippen LogP contribution >= 0.6 is 0 Å². The fraction of sp³-hybridized carbons (Fsp3) is 0.158. The monoisotopic (exact) mass is 347 g/mol. The van der Waals surface area contributed by atoms with Gasteiger partial charge >= 0.3 is 0 Å². The lowest BCUT2D eigenvalue weighted by atomic mass is 10.1. The minimum atomic E-state index is -0.671. The van der Waals surface area contributed by atoms with Gasteiger partial charge in [-0.1, -0.05) is 30.3 Å². The van der Waals surface area contributed by atoms with Crippen molar-refractivity contribution in [3.63, 3.8) is 0 Å². The van der Waals surface area contributed by atoms with Crippen LogP contribution < -0.4 is 15.8 Å². The fourth-order valence-electron chi connectivity index (χ4n) is 2.49. The first-order valence-corrected chi connectivity index (χ1v) is 8.09. The van der Waals surface area contributed by atoms with E-state index in [0.717, 1.165) is 5.56 Å². The van der Waals surface area contributed by atoms with Crippen LogP contribution in [0.5, 0.6) is 0 Å². The largest absolute Gasteiger partial charge is 0.319 e. The summed E-state index contributed by atoms with van der Waals surface area (Å²) in [6.07, 6.45) is 0.314. The maximum atomic E-state index is 12.5. The smallest absolute Gasteiger partial charge is 0.292 e. The van der Waals surface area contributed by atoms with E-state index in [1.54, 1.807) is 43.3 Å². The number of amides is 2. The van der Waals surface area contributed by atoms with Crippen molar-refractivity contribution in [2.75, 3.05) is 10.3 Å². The van der Waals surface area contributed by atoms with Gasteiger partial charge in [-0.2, -0.15) is 5.26 Å². The number of anilines is 2. The number of hydrogen-bond donors (Lipinski definition) is 2. The van der Waals surface area contributed by atoms with Gasteiger partial charge < -0.3 is 5.32 Å². The number of benzene rings is 2.